The van der Waals surface area contributed by atoms with Gasteiger partial charge in [-0.2, -0.15) is 13.2 Å². The predicted molar refractivity (Wildman–Crippen MR) is 101 cm³/mol. The highest BCUT2D eigenvalue weighted by molar-refractivity contribution is 5.90. The number of benzene rings is 2. The largest absolute Gasteiger partial charge is 0.497 e. The average Bonchev–Trinajstić information content (AvgIpc) is 2.66. The van der Waals surface area contributed by atoms with Gasteiger partial charge in [-0.3, -0.25) is 10.1 Å². The van der Waals surface area contributed by atoms with E-state index < -0.39 is 28.4 Å². The molecular formula is C19H17F3N4O3. The van der Waals surface area contributed by atoms with Crippen molar-refractivity contribution in [1.29, 1.82) is 0 Å². The van der Waals surface area contributed by atoms with Gasteiger partial charge in [-0.15, -0.1) is 0 Å². The number of nitro groups is 1. The lowest BCUT2D eigenvalue weighted by molar-refractivity contribution is -0.385. The highest BCUT2D eigenvalue weighted by atomic mass is 19.4. The molecule has 152 valence electrons. The van der Waals surface area contributed by atoms with Gasteiger partial charge in [0.1, 0.15) is 17.4 Å². The molecule has 0 fully saturated rings. The van der Waals surface area contributed by atoms with Crippen LogP contribution in [0.25, 0.3) is 10.9 Å². The van der Waals surface area contributed by atoms with E-state index >= 15 is 0 Å². The van der Waals surface area contributed by atoms with E-state index in [1.807, 2.05) is 0 Å². The SMILES string of the molecule is COc1ccc2c(NC(C)c3cc([N+](=O)[O-])cc(C(F)(F)F)c3)nc(C)nc2c1. The highest BCUT2D eigenvalue weighted by Crippen LogP contribution is 2.35. The lowest BCUT2D eigenvalue weighted by atomic mass is 10.0. The number of nitro benzene ring substituents is 1. The van der Waals surface area contributed by atoms with Crippen LogP contribution in [0.5, 0.6) is 5.75 Å². The van der Waals surface area contributed by atoms with Crippen molar-refractivity contribution < 1.29 is 22.8 Å². The first-order valence-corrected chi connectivity index (χ1v) is 8.54. The number of non-ortho nitro benzene ring substituents is 1. The molecule has 10 heteroatoms. The quantitative estimate of drug-likeness (QED) is 0.471. The number of aromatic nitrogens is 2. The second kappa shape index (κ2) is 7.53. The topological polar surface area (TPSA) is 90.2 Å². The average molecular weight is 406 g/mol. The summed E-state index contributed by atoms with van der Waals surface area (Å²) < 4.78 is 44.7. The van der Waals surface area contributed by atoms with Crippen molar-refractivity contribution in [1.82, 2.24) is 9.97 Å². The number of methoxy groups -OCH3 is 1. The Hall–Kier alpha value is -3.43. The van der Waals surface area contributed by atoms with E-state index in [1.165, 1.54) is 7.11 Å². The van der Waals surface area contributed by atoms with Crippen molar-refractivity contribution in [3.63, 3.8) is 0 Å². The second-order valence-corrected chi connectivity index (χ2v) is 6.44. The van der Waals surface area contributed by atoms with Gasteiger partial charge in [-0.1, -0.05) is 0 Å². The minimum atomic E-state index is -4.70. The molecule has 0 spiro atoms. The van der Waals surface area contributed by atoms with E-state index in [9.17, 15) is 23.3 Å². The van der Waals surface area contributed by atoms with Crippen molar-refractivity contribution in [3.05, 3.63) is 63.5 Å². The van der Waals surface area contributed by atoms with E-state index in [-0.39, 0.29) is 5.56 Å². The van der Waals surface area contributed by atoms with Crippen LogP contribution in [0.4, 0.5) is 24.7 Å². The third-order valence-corrected chi connectivity index (χ3v) is 4.35. The van der Waals surface area contributed by atoms with E-state index in [2.05, 4.69) is 15.3 Å². The lowest BCUT2D eigenvalue weighted by Gasteiger charge is -2.18. The molecule has 7 nitrogen and oxygen atoms in total. The van der Waals surface area contributed by atoms with Gasteiger partial charge in [0.25, 0.3) is 5.69 Å². The van der Waals surface area contributed by atoms with Crippen LogP contribution in [0.15, 0.2) is 36.4 Å². The number of alkyl halides is 3. The molecule has 2 aromatic carbocycles. The zero-order chi connectivity index (χ0) is 21.3. The van der Waals surface area contributed by atoms with E-state index in [1.54, 1.807) is 32.0 Å². The second-order valence-electron chi connectivity index (χ2n) is 6.44. The Balaban J connectivity index is 2.03. The fourth-order valence-electron chi connectivity index (χ4n) is 2.90. The van der Waals surface area contributed by atoms with Crippen LogP contribution in [-0.2, 0) is 6.18 Å². The van der Waals surface area contributed by atoms with E-state index in [4.69, 9.17) is 4.74 Å². The Morgan fingerprint density at radius 2 is 1.90 bits per heavy atom. The van der Waals surface area contributed by atoms with E-state index in [0.29, 0.717) is 34.4 Å². The summed E-state index contributed by atoms with van der Waals surface area (Å²) in [7, 11) is 1.52. The molecule has 3 rings (SSSR count). The molecule has 0 radical (unpaired) electrons. The van der Waals surface area contributed by atoms with Crippen LogP contribution < -0.4 is 10.1 Å². The molecular weight excluding hydrogens is 389 g/mol. The Morgan fingerprint density at radius 3 is 2.52 bits per heavy atom. The maximum atomic E-state index is 13.2. The number of nitrogens with one attached hydrogen (secondary N) is 1. The Morgan fingerprint density at radius 1 is 1.17 bits per heavy atom. The van der Waals surface area contributed by atoms with Crippen molar-refractivity contribution in [2.24, 2.45) is 0 Å². The molecule has 0 amide bonds. The summed E-state index contributed by atoms with van der Waals surface area (Å²) in [5, 5.41) is 14.8. The van der Waals surface area contributed by atoms with Gasteiger partial charge >= 0.3 is 6.18 Å². The number of anilines is 1. The van der Waals surface area contributed by atoms with Crippen LogP contribution >= 0.6 is 0 Å². The standard InChI is InChI=1S/C19H17F3N4O3/c1-10(12-6-13(19(20,21)22)8-14(7-12)26(27)28)23-18-16-5-4-15(29-3)9-17(16)24-11(2)25-18/h4-10H,1-3H3,(H,23,24,25). The third kappa shape index (κ3) is 4.36. The molecule has 0 saturated heterocycles. The number of ether oxygens (including phenoxy) is 1. The molecule has 0 aliphatic heterocycles. The molecule has 3 aromatic rings. The number of fused-ring (bicyclic) bond motifs is 1. The summed E-state index contributed by atoms with van der Waals surface area (Å²) in [5.41, 5.74) is -0.994. The summed E-state index contributed by atoms with van der Waals surface area (Å²) in [6, 6.07) is 7.01. The van der Waals surface area contributed by atoms with Crippen molar-refractivity contribution in [2.75, 3.05) is 12.4 Å². The minimum Gasteiger partial charge on any atom is -0.497 e. The van der Waals surface area contributed by atoms with Gasteiger partial charge in [-0.05, 0) is 37.6 Å². The first kappa shape index (κ1) is 20.3. The molecule has 1 N–H and O–H groups in total. The zero-order valence-electron chi connectivity index (χ0n) is 15.7. The normalized spacial score (nSPS) is 12.6. The predicted octanol–water partition coefficient (Wildman–Crippen LogP) is 5.05. The molecule has 0 bridgehead atoms. The molecule has 1 unspecified atom stereocenters. The van der Waals surface area contributed by atoms with Crippen molar-refractivity contribution in [2.45, 2.75) is 26.1 Å². The third-order valence-electron chi connectivity index (χ3n) is 4.35. The van der Waals surface area contributed by atoms with Crippen molar-refractivity contribution >= 4 is 22.4 Å². The lowest BCUT2D eigenvalue weighted by Crippen LogP contribution is -2.12. The van der Waals surface area contributed by atoms with Gasteiger partial charge in [0.2, 0.25) is 0 Å². The van der Waals surface area contributed by atoms with Gasteiger partial charge in [0.15, 0.2) is 0 Å². The number of rotatable bonds is 5. The Bertz CT molecular complexity index is 1090. The van der Waals surface area contributed by atoms with Crippen LogP contribution in [0.3, 0.4) is 0 Å². The van der Waals surface area contributed by atoms with Gasteiger partial charge < -0.3 is 10.1 Å². The van der Waals surface area contributed by atoms with Gasteiger partial charge in [-0.25, -0.2) is 9.97 Å². The molecule has 0 saturated carbocycles. The molecule has 1 atom stereocenters. The Kier molecular flexibility index (Phi) is 5.27. The first-order valence-electron chi connectivity index (χ1n) is 8.54. The molecule has 29 heavy (non-hydrogen) atoms. The van der Waals surface area contributed by atoms with Crippen LogP contribution in [0, 0.1) is 17.0 Å². The fraction of sp³-hybridized carbons (Fsp3) is 0.263. The van der Waals surface area contributed by atoms with Crippen LogP contribution in [0.1, 0.15) is 29.9 Å². The maximum Gasteiger partial charge on any atom is 0.416 e. The monoisotopic (exact) mass is 406 g/mol. The number of hydrogen-bond donors (Lipinski definition) is 1. The molecule has 0 aliphatic rings. The summed E-state index contributed by atoms with van der Waals surface area (Å²) in [6.07, 6.45) is -4.70. The maximum absolute atomic E-state index is 13.2. The summed E-state index contributed by atoms with van der Waals surface area (Å²) in [6.45, 7) is 3.29. The smallest absolute Gasteiger partial charge is 0.416 e. The minimum absolute atomic E-state index is 0.115. The Labute approximate surface area is 163 Å². The zero-order valence-corrected chi connectivity index (χ0v) is 15.7. The highest BCUT2D eigenvalue weighted by Gasteiger charge is 2.33. The number of halogens is 3. The van der Waals surface area contributed by atoms with E-state index in [0.717, 1.165) is 12.1 Å². The van der Waals surface area contributed by atoms with Crippen molar-refractivity contribution in [3.8, 4) is 5.75 Å². The molecule has 1 aromatic heterocycles. The van der Waals surface area contributed by atoms with Gasteiger partial charge in [0, 0.05) is 23.6 Å². The number of aryl methyl sites for hydroxylation is 1. The van der Waals surface area contributed by atoms with Gasteiger partial charge in [0.05, 0.1) is 29.2 Å². The molecule has 0 aliphatic carbocycles. The fourth-order valence-corrected chi connectivity index (χ4v) is 2.90. The van der Waals surface area contributed by atoms with Crippen LogP contribution in [-0.4, -0.2) is 22.0 Å². The summed E-state index contributed by atoms with van der Waals surface area (Å²) >= 11 is 0. The summed E-state index contributed by atoms with van der Waals surface area (Å²) in [4.78, 5) is 18.9. The number of nitrogens with zero attached hydrogens (tertiary/aromatic N) is 3. The number of hydrogen-bond acceptors (Lipinski definition) is 6. The molecule has 1 heterocycles. The van der Waals surface area contributed by atoms with Crippen LogP contribution in [0.2, 0.25) is 0 Å². The summed E-state index contributed by atoms with van der Waals surface area (Å²) in [5.74, 6) is 1.46. The first-order chi connectivity index (χ1) is 13.6.